The number of hydrogen-bond acceptors (Lipinski definition) is 5. The molecule has 2 aromatic rings. The third kappa shape index (κ3) is 4.66. The summed E-state index contributed by atoms with van der Waals surface area (Å²) in [6, 6.07) is 9.97. The van der Waals surface area contributed by atoms with Crippen molar-refractivity contribution in [1.29, 1.82) is 0 Å². The smallest absolute Gasteiger partial charge is 0.234 e. The number of piperazine rings is 1. The summed E-state index contributed by atoms with van der Waals surface area (Å²) in [5.41, 5.74) is 1.01. The van der Waals surface area contributed by atoms with Crippen molar-refractivity contribution in [2.75, 3.05) is 39.3 Å². The molecule has 0 saturated carbocycles. The van der Waals surface area contributed by atoms with Gasteiger partial charge in [0.05, 0.1) is 13.2 Å². The van der Waals surface area contributed by atoms with Crippen LogP contribution in [0.25, 0.3) is 5.69 Å². The van der Waals surface area contributed by atoms with Crippen LogP contribution in [0.15, 0.2) is 49.3 Å². The topological polar surface area (TPSA) is 58.3 Å². The number of para-hydroxylation sites is 1. The van der Waals surface area contributed by atoms with Gasteiger partial charge in [-0.25, -0.2) is 4.68 Å². The molecule has 138 valence electrons. The zero-order chi connectivity index (χ0) is 18.4. The highest BCUT2D eigenvalue weighted by atomic mass is 32.1. The maximum atomic E-state index is 11.8. The first-order valence-electron chi connectivity index (χ1n) is 8.69. The van der Waals surface area contributed by atoms with E-state index < -0.39 is 0 Å². The van der Waals surface area contributed by atoms with Crippen molar-refractivity contribution in [1.82, 2.24) is 29.5 Å². The summed E-state index contributed by atoms with van der Waals surface area (Å²) in [4.78, 5) is 16.2. The number of nitrogens with one attached hydrogen (secondary N) is 1. The molecule has 7 nitrogen and oxygen atoms in total. The van der Waals surface area contributed by atoms with Gasteiger partial charge in [-0.15, -0.1) is 6.58 Å². The van der Waals surface area contributed by atoms with Crippen LogP contribution in [-0.4, -0.2) is 69.3 Å². The lowest BCUT2D eigenvalue weighted by atomic mass is 10.3. The number of amides is 1. The Balaban J connectivity index is 1.52. The molecule has 0 bridgehead atoms. The maximum Gasteiger partial charge on any atom is 0.234 e. The summed E-state index contributed by atoms with van der Waals surface area (Å²) in [5, 5.41) is 7.25. The second-order valence-corrected chi connectivity index (χ2v) is 6.61. The van der Waals surface area contributed by atoms with Crippen LogP contribution in [0.5, 0.6) is 0 Å². The highest BCUT2D eigenvalue weighted by molar-refractivity contribution is 7.71. The van der Waals surface area contributed by atoms with Gasteiger partial charge in [-0.3, -0.25) is 19.2 Å². The summed E-state index contributed by atoms with van der Waals surface area (Å²) in [7, 11) is 0. The molecule has 2 heterocycles. The van der Waals surface area contributed by atoms with Gasteiger partial charge in [0.2, 0.25) is 10.7 Å². The molecule has 8 heteroatoms. The highest BCUT2D eigenvalue weighted by Gasteiger charge is 2.19. The van der Waals surface area contributed by atoms with Gasteiger partial charge in [0.25, 0.3) is 0 Å². The Morgan fingerprint density at radius 3 is 2.58 bits per heavy atom. The molecule has 0 aliphatic carbocycles. The molecule has 0 radical (unpaired) electrons. The normalized spacial score (nSPS) is 15.7. The van der Waals surface area contributed by atoms with Gasteiger partial charge in [-0.2, -0.15) is 5.10 Å². The van der Waals surface area contributed by atoms with E-state index in [2.05, 4.69) is 26.8 Å². The standard InChI is InChI=1S/C18H24N6OS/c1-2-8-19-17(25)13-21-9-11-22(12-10-21)15-24-18(26)23(14-20-24)16-6-4-3-5-7-16/h2-7,14H,1,8-13,15H2,(H,19,25). The monoisotopic (exact) mass is 372 g/mol. The lowest BCUT2D eigenvalue weighted by Crippen LogP contribution is -2.49. The number of hydrogen-bond donors (Lipinski definition) is 1. The van der Waals surface area contributed by atoms with Crippen LogP contribution in [0.2, 0.25) is 0 Å². The predicted octanol–water partition coefficient (Wildman–Crippen LogP) is 1.28. The van der Waals surface area contributed by atoms with Crippen molar-refractivity contribution < 1.29 is 4.79 Å². The van der Waals surface area contributed by atoms with Crippen LogP contribution in [0.3, 0.4) is 0 Å². The van der Waals surface area contributed by atoms with E-state index in [-0.39, 0.29) is 5.91 Å². The minimum atomic E-state index is 0.0437. The second kappa shape index (κ2) is 8.88. The van der Waals surface area contributed by atoms with Gasteiger partial charge in [-0.1, -0.05) is 24.3 Å². The van der Waals surface area contributed by atoms with E-state index in [0.717, 1.165) is 31.9 Å². The summed E-state index contributed by atoms with van der Waals surface area (Å²) in [6.07, 6.45) is 3.45. The number of carbonyl (C=O) groups excluding carboxylic acids is 1. The fourth-order valence-electron chi connectivity index (χ4n) is 2.92. The molecule has 1 aliphatic rings. The number of nitrogens with zero attached hydrogens (tertiary/aromatic N) is 5. The van der Waals surface area contributed by atoms with Crippen LogP contribution in [0.4, 0.5) is 0 Å². The average Bonchev–Trinajstić information content (AvgIpc) is 3.03. The van der Waals surface area contributed by atoms with Gasteiger partial charge in [0.1, 0.15) is 6.33 Å². The molecule has 1 aliphatic heterocycles. The van der Waals surface area contributed by atoms with E-state index >= 15 is 0 Å². The van der Waals surface area contributed by atoms with Gasteiger partial charge >= 0.3 is 0 Å². The minimum absolute atomic E-state index is 0.0437. The Labute approximate surface area is 158 Å². The van der Waals surface area contributed by atoms with Crippen LogP contribution in [-0.2, 0) is 11.5 Å². The van der Waals surface area contributed by atoms with Crippen molar-refractivity contribution in [3.8, 4) is 5.69 Å². The number of benzene rings is 1. The summed E-state index contributed by atoms with van der Waals surface area (Å²) in [5.74, 6) is 0.0437. The Hall–Kier alpha value is -2.29. The molecule has 0 atom stereocenters. The first-order valence-corrected chi connectivity index (χ1v) is 9.10. The molecule has 1 saturated heterocycles. The largest absolute Gasteiger partial charge is 0.352 e. The van der Waals surface area contributed by atoms with Gasteiger partial charge < -0.3 is 5.32 Å². The maximum absolute atomic E-state index is 11.8. The third-order valence-corrected chi connectivity index (χ3v) is 4.78. The number of aromatic nitrogens is 3. The van der Waals surface area contributed by atoms with Gasteiger partial charge in [-0.05, 0) is 24.4 Å². The van der Waals surface area contributed by atoms with Crippen molar-refractivity contribution in [2.24, 2.45) is 0 Å². The molecule has 26 heavy (non-hydrogen) atoms. The quantitative estimate of drug-likeness (QED) is 0.586. The molecule has 1 amide bonds. The Morgan fingerprint density at radius 1 is 1.19 bits per heavy atom. The predicted molar refractivity (Wildman–Crippen MR) is 104 cm³/mol. The molecular formula is C18H24N6OS. The first-order chi connectivity index (χ1) is 12.7. The van der Waals surface area contributed by atoms with Crippen molar-refractivity contribution in [3.05, 3.63) is 54.1 Å². The van der Waals surface area contributed by atoms with E-state index in [4.69, 9.17) is 12.2 Å². The molecule has 1 fully saturated rings. The fraction of sp³-hybridized carbons (Fsp3) is 0.389. The summed E-state index contributed by atoms with van der Waals surface area (Å²) >= 11 is 5.56. The van der Waals surface area contributed by atoms with E-state index in [1.54, 1.807) is 12.4 Å². The third-order valence-electron chi connectivity index (χ3n) is 4.38. The molecular weight excluding hydrogens is 348 g/mol. The number of carbonyl (C=O) groups is 1. The molecule has 0 unspecified atom stereocenters. The van der Waals surface area contributed by atoms with Gasteiger partial charge in [0, 0.05) is 38.4 Å². The van der Waals surface area contributed by atoms with Crippen molar-refractivity contribution >= 4 is 18.1 Å². The first kappa shape index (κ1) is 18.5. The fourth-order valence-corrected chi connectivity index (χ4v) is 3.18. The second-order valence-electron chi connectivity index (χ2n) is 6.25. The molecule has 1 aromatic carbocycles. The zero-order valence-corrected chi connectivity index (χ0v) is 15.6. The van der Waals surface area contributed by atoms with Crippen LogP contribution in [0.1, 0.15) is 0 Å². The van der Waals surface area contributed by atoms with E-state index in [9.17, 15) is 4.79 Å². The Bertz CT molecular complexity index is 792. The average molecular weight is 372 g/mol. The van der Waals surface area contributed by atoms with E-state index in [1.807, 2.05) is 39.6 Å². The Kier molecular flexibility index (Phi) is 6.32. The highest BCUT2D eigenvalue weighted by Crippen LogP contribution is 2.09. The van der Waals surface area contributed by atoms with Crippen LogP contribution < -0.4 is 5.32 Å². The lowest BCUT2D eigenvalue weighted by molar-refractivity contribution is -0.122. The van der Waals surface area contributed by atoms with Crippen LogP contribution in [0, 0.1) is 4.77 Å². The van der Waals surface area contributed by atoms with Crippen molar-refractivity contribution in [2.45, 2.75) is 6.67 Å². The molecule has 0 spiro atoms. The van der Waals surface area contributed by atoms with E-state index in [0.29, 0.717) is 24.5 Å². The zero-order valence-electron chi connectivity index (χ0n) is 14.8. The molecule has 3 rings (SSSR count). The molecule has 1 N–H and O–H groups in total. The van der Waals surface area contributed by atoms with Crippen LogP contribution >= 0.6 is 12.2 Å². The lowest BCUT2D eigenvalue weighted by Gasteiger charge is -2.33. The summed E-state index contributed by atoms with van der Waals surface area (Å²) in [6.45, 7) is 8.69. The van der Waals surface area contributed by atoms with Crippen molar-refractivity contribution in [3.63, 3.8) is 0 Å². The number of rotatable bonds is 7. The van der Waals surface area contributed by atoms with E-state index in [1.165, 1.54) is 0 Å². The molecule has 1 aromatic heterocycles. The SMILES string of the molecule is C=CCNC(=O)CN1CCN(Cn2ncn(-c3ccccc3)c2=S)CC1. The Morgan fingerprint density at radius 2 is 1.88 bits per heavy atom. The summed E-state index contributed by atoms with van der Waals surface area (Å²) < 4.78 is 4.44. The minimum Gasteiger partial charge on any atom is -0.352 e. The van der Waals surface area contributed by atoms with Gasteiger partial charge in [0.15, 0.2) is 0 Å².